The van der Waals surface area contributed by atoms with Gasteiger partial charge >= 0.3 is 0 Å². The van der Waals surface area contributed by atoms with Gasteiger partial charge in [-0.15, -0.1) is 0 Å². The molecule has 0 saturated heterocycles. The first-order valence-electron chi connectivity index (χ1n) is 5.19. The third-order valence-electron chi connectivity index (χ3n) is 2.35. The minimum atomic E-state index is 0.169. The lowest BCUT2D eigenvalue weighted by atomic mass is 10.0. The van der Waals surface area contributed by atoms with Gasteiger partial charge in [-0.05, 0) is 25.1 Å². The van der Waals surface area contributed by atoms with Crippen LogP contribution in [0.5, 0.6) is 0 Å². The van der Waals surface area contributed by atoms with Gasteiger partial charge in [-0.25, -0.2) is 0 Å². The fourth-order valence-corrected chi connectivity index (χ4v) is 1.60. The van der Waals surface area contributed by atoms with E-state index in [0.29, 0.717) is 0 Å². The lowest BCUT2D eigenvalue weighted by Gasteiger charge is -2.14. The van der Waals surface area contributed by atoms with Crippen molar-refractivity contribution in [3.05, 3.63) is 48.3 Å². The highest BCUT2D eigenvalue weighted by Crippen LogP contribution is 2.22. The molecule has 0 radical (unpaired) electrons. The quantitative estimate of drug-likeness (QED) is 0.815. The summed E-state index contributed by atoms with van der Waals surface area (Å²) in [4.78, 5) is 0. The van der Waals surface area contributed by atoms with Gasteiger partial charge in [0.15, 0.2) is 0 Å². The smallest absolute Gasteiger partial charge is 0.0953 e. The molecule has 2 aromatic rings. The normalized spacial score (nSPS) is 11.1. The van der Waals surface area contributed by atoms with E-state index in [1.807, 2.05) is 12.1 Å². The van der Waals surface area contributed by atoms with Gasteiger partial charge in [0.2, 0.25) is 0 Å². The maximum absolute atomic E-state index is 5.10. The Hall–Kier alpha value is -1.48. The molecule has 3 nitrogen and oxygen atoms in total. The predicted molar refractivity (Wildman–Crippen MR) is 57.6 cm³/mol. The minimum Gasteiger partial charge on any atom is -0.472 e. The van der Waals surface area contributed by atoms with Gasteiger partial charge in [0.1, 0.15) is 0 Å². The van der Waals surface area contributed by atoms with Crippen LogP contribution >= 0.6 is 0 Å². The third-order valence-corrected chi connectivity index (χ3v) is 2.35. The molecule has 0 aliphatic carbocycles. The highest BCUT2D eigenvalue weighted by Gasteiger charge is 2.14. The van der Waals surface area contributed by atoms with Crippen LogP contribution in [-0.2, 0) is 0 Å². The van der Waals surface area contributed by atoms with E-state index < -0.39 is 0 Å². The van der Waals surface area contributed by atoms with Crippen molar-refractivity contribution >= 4 is 0 Å². The number of rotatable bonds is 5. The van der Waals surface area contributed by atoms with Crippen molar-refractivity contribution in [2.75, 3.05) is 6.54 Å². The van der Waals surface area contributed by atoms with Crippen molar-refractivity contribution in [2.45, 2.75) is 19.4 Å². The summed E-state index contributed by atoms with van der Waals surface area (Å²) in [6, 6.07) is 4.11. The van der Waals surface area contributed by atoms with Crippen LogP contribution in [0, 0.1) is 0 Å². The lowest BCUT2D eigenvalue weighted by molar-refractivity contribution is 0.536. The molecule has 2 heterocycles. The molecule has 2 rings (SSSR count). The molecular formula is C12H15NO2. The van der Waals surface area contributed by atoms with Gasteiger partial charge in [0.25, 0.3) is 0 Å². The summed E-state index contributed by atoms with van der Waals surface area (Å²) in [6.07, 6.45) is 8.01. The average Bonchev–Trinajstić information content (AvgIpc) is 2.90. The summed E-state index contributed by atoms with van der Waals surface area (Å²) in [7, 11) is 0. The van der Waals surface area contributed by atoms with Crippen LogP contribution in [0.3, 0.4) is 0 Å². The molecule has 2 aromatic heterocycles. The molecule has 0 saturated carbocycles. The molecule has 0 atom stereocenters. The molecule has 0 fully saturated rings. The second-order valence-electron chi connectivity index (χ2n) is 3.50. The van der Waals surface area contributed by atoms with Crippen LogP contribution in [0.25, 0.3) is 0 Å². The summed E-state index contributed by atoms with van der Waals surface area (Å²) in [6.45, 7) is 3.12. The molecule has 0 aliphatic heterocycles. The zero-order valence-corrected chi connectivity index (χ0v) is 8.77. The molecular weight excluding hydrogens is 190 g/mol. The highest BCUT2D eigenvalue weighted by atomic mass is 16.3. The zero-order chi connectivity index (χ0) is 10.5. The van der Waals surface area contributed by atoms with E-state index in [2.05, 4.69) is 12.2 Å². The van der Waals surface area contributed by atoms with Crippen molar-refractivity contribution in [3.63, 3.8) is 0 Å². The molecule has 0 aliphatic rings. The first-order chi connectivity index (χ1) is 7.42. The Kier molecular flexibility index (Phi) is 3.25. The van der Waals surface area contributed by atoms with Crippen molar-refractivity contribution < 1.29 is 8.83 Å². The van der Waals surface area contributed by atoms with Crippen LogP contribution in [0.4, 0.5) is 0 Å². The molecule has 0 bridgehead atoms. The van der Waals surface area contributed by atoms with Gasteiger partial charge in [-0.2, -0.15) is 0 Å². The molecule has 1 N–H and O–H groups in total. The monoisotopic (exact) mass is 205 g/mol. The summed E-state index contributed by atoms with van der Waals surface area (Å²) in [5, 5.41) is 3.45. The van der Waals surface area contributed by atoms with Crippen LogP contribution in [0.2, 0.25) is 0 Å². The standard InChI is InChI=1S/C12H15NO2/c1-2-5-13-12(10-3-6-14-8-10)11-4-7-15-9-11/h3-4,6-9,12-13H,2,5H2,1H3. The van der Waals surface area contributed by atoms with E-state index in [9.17, 15) is 0 Å². The molecule has 0 amide bonds. The lowest BCUT2D eigenvalue weighted by Crippen LogP contribution is -2.22. The van der Waals surface area contributed by atoms with Crippen LogP contribution in [0.1, 0.15) is 30.5 Å². The van der Waals surface area contributed by atoms with Crippen molar-refractivity contribution in [1.29, 1.82) is 0 Å². The first-order valence-corrected chi connectivity index (χ1v) is 5.19. The zero-order valence-electron chi connectivity index (χ0n) is 8.77. The Balaban J connectivity index is 2.17. The molecule has 0 aromatic carbocycles. The van der Waals surface area contributed by atoms with Crippen molar-refractivity contribution in [3.8, 4) is 0 Å². The first kappa shape index (κ1) is 10.1. The Morgan fingerprint density at radius 2 is 1.73 bits per heavy atom. The average molecular weight is 205 g/mol. The van der Waals surface area contributed by atoms with Gasteiger partial charge in [0, 0.05) is 11.1 Å². The second kappa shape index (κ2) is 4.84. The van der Waals surface area contributed by atoms with E-state index in [1.165, 1.54) is 0 Å². The molecule has 15 heavy (non-hydrogen) atoms. The fourth-order valence-electron chi connectivity index (χ4n) is 1.60. The number of furan rings is 2. The van der Waals surface area contributed by atoms with Gasteiger partial charge < -0.3 is 14.2 Å². The number of hydrogen-bond acceptors (Lipinski definition) is 3. The fraction of sp³-hybridized carbons (Fsp3) is 0.333. The Labute approximate surface area is 89.1 Å². The molecule has 0 unspecified atom stereocenters. The van der Waals surface area contributed by atoms with E-state index in [0.717, 1.165) is 24.1 Å². The van der Waals surface area contributed by atoms with E-state index in [-0.39, 0.29) is 6.04 Å². The Bertz CT molecular complexity index is 330. The third kappa shape index (κ3) is 2.30. The van der Waals surface area contributed by atoms with Crippen LogP contribution < -0.4 is 5.32 Å². The number of hydrogen-bond donors (Lipinski definition) is 1. The van der Waals surface area contributed by atoms with Crippen LogP contribution in [-0.4, -0.2) is 6.54 Å². The number of nitrogens with one attached hydrogen (secondary N) is 1. The minimum absolute atomic E-state index is 0.169. The van der Waals surface area contributed by atoms with E-state index in [1.54, 1.807) is 25.1 Å². The Morgan fingerprint density at radius 3 is 2.13 bits per heavy atom. The molecule has 3 heteroatoms. The topological polar surface area (TPSA) is 38.3 Å². The largest absolute Gasteiger partial charge is 0.472 e. The maximum Gasteiger partial charge on any atom is 0.0953 e. The van der Waals surface area contributed by atoms with Crippen LogP contribution in [0.15, 0.2) is 46.0 Å². The van der Waals surface area contributed by atoms with E-state index >= 15 is 0 Å². The summed E-state index contributed by atoms with van der Waals surface area (Å²) in [5.41, 5.74) is 2.26. The Morgan fingerprint density at radius 1 is 1.13 bits per heavy atom. The van der Waals surface area contributed by atoms with E-state index in [4.69, 9.17) is 8.83 Å². The maximum atomic E-state index is 5.10. The van der Waals surface area contributed by atoms with Gasteiger partial charge in [0.05, 0.1) is 31.1 Å². The summed E-state index contributed by atoms with van der Waals surface area (Å²) in [5.74, 6) is 0. The summed E-state index contributed by atoms with van der Waals surface area (Å²) >= 11 is 0. The van der Waals surface area contributed by atoms with Crippen molar-refractivity contribution in [2.24, 2.45) is 0 Å². The SMILES string of the molecule is CCCNC(c1ccoc1)c1ccoc1. The second-order valence-corrected chi connectivity index (χ2v) is 3.50. The van der Waals surface area contributed by atoms with Gasteiger partial charge in [-0.1, -0.05) is 6.92 Å². The van der Waals surface area contributed by atoms with Gasteiger partial charge in [-0.3, -0.25) is 0 Å². The molecule has 0 spiro atoms. The predicted octanol–water partition coefficient (Wildman–Crippen LogP) is 2.96. The van der Waals surface area contributed by atoms with Crippen molar-refractivity contribution in [1.82, 2.24) is 5.32 Å². The summed E-state index contributed by atoms with van der Waals surface area (Å²) < 4.78 is 10.2. The highest BCUT2D eigenvalue weighted by molar-refractivity contribution is 5.26. The molecule has 80 valence electrons.